The van der Waals surface area contributed by atoms with Crippen LogP contribution in [-0.2, 0) is 9.53 Å². The SMILES string of the molecule is O=C1CCC(OCCF)CC1. The minimum atomic E-state index is -0.426. The molecule has 2 nitrogen and oxygen atoms in total. The van der Waals surface area contributed by atoms with Crippen LogP contribution in [0.15, 0.2) is 0 Å². The molecule has 0 unspecified atom stereocenters. The molecule has 3 heteroatoms. The van der Waals surface area contributed by atoms with Crippen LogP contribution in [0, 0.1) is 0 Å². The Labute approximate surface area is 65.7 Å². The van der Waals surface area contributed by atoms with Gasteiger partial charge in [-0.25, -0.2) is 4.39 Å². The van der Waals surface area contributed by atoms with E-state index in [2.05, 4.69) is 0 Å². The second kappa shape index (κ2) is 4.44. The van der Waals surface area contributed by atoms with E-state index in [0.717, 1.165) is 12.8 Å². The lowest BCUT2D eigenvalue weighted by atomic mass is 9.97. The molecule has 0 aromatic carbocycles. The van der Waals surface area contributed by atoms with Crippen LogP contribution in [0.2, 0.25) is 0 Å². The molecule has 1 saturated carbocycles. The topological polar surface area (TPSA) is 26.3 Å². The molecule has 1 aliphatic rings. The molecule has 0 aromatic rings. The van der Waals surface area contributed by atoms with Crippen LogP contribution < -0.4 is 0 Å². The second-order valence-corrected chi connectivity index (χ2v) is 2.80. The van der Waals surface area contributed by atoms with Crippen molar-refractivity contribution in [3.05, 3.63) is 0 Å². The van der Waals surface area contributed by atoms with Gasteiger partial charge in [0.05, 0.1) is 12.7 Å². The molecule has 1 fully saturated rings. The molecule has 0 N–H and O–H groups in total. The standard InChI is InChI=1S/C8H13FO2/c9-5-6-11-8-3-1-7(10)2-4-8/h8H,1-6H2. The Morgan fingerprint density at radius 3 is 2.64 bits per heavy atom. The Kier molecular flexibility index (Phi) is 3.49. The van der Waals surface area contributed by atoms with Crippen molar-refractivity contribution in [1.29, 1.82) is 0 Å². The van der Waals surface area contributed by atoms with Crippen molar-refractivity contribution in [2.24, 2.45) is 0 Å². The molecule has 0 heterocycles. The Morgan fingerprint density at radius 1 is 1.45 bits per heavy atom. The number of carbonyl (C=O) groups excluding carboxylic acids is 1. The maximum absolute atomic E-state index is 11.6. The fourth-order valence-corrected chi connectivity index (χ4v) is 1.29. The van der Waals surface area contributed by atoms with E-state index in [1.54, 1.807) is 0 Å². The lowest BCUT2D eigenvalue weighted by molar-refractivity contribution is -0.123. The fourth-order valence-electron chi connectivity index (χ4n) is 1.29. The minimum absolute atomic E-state index is 0.128. The largest absolute Gasteiger partial charge is 0.375 e. The summed E-state index contributed by atoms with van der Waals surface area (Å²) in [6.07, 6.45) is 2.90. The third-order valence-electron chi connectivity index (χ3n) is 1.92. The summed E-state index contributed by atoms with van der Waals surface area (Å²) in [5.74, 6) is 0.310. The molecule has 0 radical (unpaired) electrons. The van der Waals surface area contributed by atoms with Crippen LogP contribution >= 0.6 is 0 Å². The second-order valence-electron chi connectivity index (χ2n) is 2.80. The van der Waals surface area contributed by atoms with Crippen molar-refractivity contribution in [3.8, 4) is 0 Å². The van der Waals surface area contributed by atoms with Crippen LogP contribution in [0.4, 0.5) is 4.39 Å². The average molecular weight is 160 g/mol. The van der Waals surface area contributed by atoms with E-state index < -0.39 is 6.67 Å². The van der Waals surface area contributed by atoms with Crippen molar-refractivity contribution in [1.82, 2.24) is 0 Å². The van der Waals surface area contributed by atoms with Crippen LogP contribution in [0.1, 0.15) is 25.7 Å². The van der Waals surface area contributed by atoms with E-state index in [4.69, 9.17) is 4.74 Å². The summed E-state index contributed by atoms with van der Waals surface area (Å²) in [7, 11) is 0. The quantitative estimate of drug-likeness (QED) is 0.625. The monoisotopic (exact) mass is 160 g/mol. The molecule has 0 bridgehead atoms. The molecule has 0 amide bonds. The zero-order chi connectivity index (χ0) is 8.10. The molecule has 64 valence electrons. The molecule has 1 rings (SSSR count). The van der Waals surface area contributed by atoms with Gasteiger partial charge in [0.1, 0.15) is 12.5 Å². The van der Waals surface area contributed by atoms with Gasteiger partial charge >= 0.3 is 0 Å². The highest BCUT2D eigenvalue weighted by atomic mass is 19.1. The van der Waals surface area contributed by atoms with Gasteiger partial charge in [-0.3, -0.25) is 4.79 Å². The molecule has 0 spiro atoms. The Morgan fingerprint density at radius 2 is 2.09 bits per heavy atom. The molecule has 0 aliphatic heterocycles. The predicted molar refractivity (Wildman–Crippen MR) is 39.2 cm³/mol. The summed E-state index contributed by atoms with van der Waals surface area (Å²) >= 11 is 0. The molecule has 0 aromatic heterocycles. The van der Waals surface area contributed by atoms with Gasteiger partial charge in [-0.15, -0.1) is 0 Å². The van der Waals surface area contributed by atoms with Crippen LogP contribution in [0.25, 0.3) is 0 Å². The van der Waals surface area contributed by atoms with Crippen LogP contribution in [-0.4, -0.2) is 25.2 Å². The zero-order valence-electron chi connectivity index (χ0n) is 6.51. The minimum Gasteiger partial charge on any atom is -0.375 e. The lowest BCUT2D eigenvalue weighted by Gasteiger charge is -2.20. The average Bonchev–Trinajstić information content (AvgIpc) is 2.04. The van der Waals surface area contributed by atoms with Gasteiger partial charge in [-0.05, 0) is 12.8 Å². The number of hydrogen-bond acceptors (Lipinski definition) is 2. The Hall–Kier alpha value is -0.440. The van der Waals surface area contributed by atoms with Crippen molar-refractivity contribution < 1.29 is 13.9 Å². The number of rotatable bonds is 3. The number of hydrogen-bond donors (Lipinski definition) is 0. The van der Waals surface area contributed by atoms with Gasteiger partial charge < -0.3 is 4.74 Å². The van der Waals surface area contributed by atoms with Crippen molar-refractivity contribution in [2.75, 3.05) is 13.3 Å². The first kappa shape index (κ1) is 8.65. The van der Waals surface area contributed by atoms with E-state index in [1.165, 1.54) is 0 Å². The zero-order valence-corrected chi connectivity index (χ0v) is 6.51. The Balaban J connectivity index is 2.12. The van der Waals surface area contributed by atoms with Gasteiger partial charge in [-0.2, -0.15) is 0 Å². The van der Waals surface area contributed by atoms with Gasteiger partial charge in [0.2, 0.25) is 0 Å². The molecule has 1 aliphatic carbocycles. The van der Waals surface area contributed by atoms with E-state index in [0.29, 0.717) is 18.6 Å². The van der Waals surface area contributed by atoms with Crippen LogP contribution in [0.5, 0.6) is 0 Å². The van der Waals surface area contributed by atoms with Crippen molar-refractivity contribution >= 4 is 5.78 Å². The molecule has 0 saturated heterocycles. The number of ketones is 1. The summed E-state index contributed by atoms with van der Waals surface area (Å²) in [5.41, 5.74) is 0. The highest BCUT2D eigenvalue weighted by molar-refractivity contribution is 5.79. The van der Waals surface area contributed by atoms with E-state index in [-0.39, 0.29) is 12.7 Å². The predicted octanol–water partition coefficient (Wildman–Crippen LogP) is 1.48. The summed E-state index contributed by atoms with van der Waals surface area (Å²) in [5, 5.41) is 0. The van der Waals surface area contributed by atoms with Gasteiger partial charge in [0.25, 0.3) is 0 Å². The van der Waals surface area contributed by atoms with E-state index >= 15 is 0 Å². The number of Topliss-reactive ketones (excluding diaryl/α,β-unsaturated/α-hetero) is 1. The number of ether oxygens (including phenoxy) is 1. The first-order valence-electron chi connectivity index (χ1n) is 4.02. The summed E-state index contributed by atoms with van der Waals surface area (Å²) in [4.78, 5) is 10.8. The van der Waals surface area contributed by atoms with Crippen molar-refractivity contribution in [3.63, 3.8) is 0 Å². The lowest BCUT2D eigenvalue weighted by Crippen LogP contribution is -2.22. The van der Waals surface area contributed by atoms with Crippen molar-refractivity contribution in [2.45, 2.75) is 31.8 Å². The van der Waals surface area contributed by atoms with Crippen LogP contribution in [0.3, 0.4) is 0 Å². The Bertz CT molecular complexity index is 126. The molecule has 0 atom stereocenters. The summed E-state index contributed by atoms with van der Waals surface area (Å²) in [6.45, 7) is -0.247. The van der Waals surface area contributed by atoms with E-state index in [1.807, 2.05) is 0 Å². The smallest absolute Gasteiger partial charge is 0.133 e. The van der Waals surface area contributed by atoms with E-state index in [9.17, 15) is 9.18 Å². The summed E-state index contributed by atoms with van der Waals surface area (Å²) < 4.78 is 16.8. The van der Waals surface area contributed by atoms with Gasteiger partial charge in [0.15, 0.2) is 0 Å². The third-order valence-corrected chi connectivity index (χ3v) is 1.92. The van der Waals surface area contributed by atoms with Gasteiger partial charge in [0, 0.05) is 12.8 Å². The fraction of sp³-hybridized carbons (Fsp3) is 0.875. The number of alkyl halides is 1. The highest BCUT2D eigenvalue weighted by Gasteiger charge is 2.18. The number of halogens is 1. The highest BCUT2D eigenvalue weighted by Crippen LogP contribution is 2.17. The first-order chi connectivity index (χ1) is 5.33. The third kappa shape index (κ3) is 2.97. The normalized spacial score (nSPS) is 20.6. The molecular formula is C8H13FO2. The maximum atomic E-state index is 11.6. The summed E-state index contributed by atoms with van der Waals surface area (Å²) in [6, 6.07) is 0. The first-order valence-corrected chi connectivity index (χ1v) is 4.02. The number of carbonyl (C=O) groups is 1. The maximum Gasteiger partial charge on any atom is 0.133 e. The molecule has 11 heavy (non-hydrogen) atoms. The van der Waals surface area contributed by atoms with Gasteiger partial charge in [-0.1, -0.05) is 0 Å². The molecular weight excluding hydrogens is 147 g/mol.